The molecule has 3 rings (SSSR count). The van der Waals surface area contributed by atoms with Gasteiger partial charge >= 0.3 is 0 Å². The topological polar surface area (TPSA) is 52.7 Å². The molecule has 1 N–H and O–H groups in total. The van der Waals surface area contributed by atoms with Crippen LogP contribution in [0.4, 0.5) is 4.39 Å². The van der Waals surface area contributed by atoms with Gasteiger partial charge in [-0.15, -0.1) is 0 Å². The second-order valence-corrected chi connectivity index (χ2v) is 5.75. The number of nitrogens with one attached hydrogen (secondary N) is 1. The van der Waals surface area contributed by atoms with Crippen molar-refractivity contribution in [2.45, 2.75) is 18.9 Å². The molecule has 2 heterocycles. The number of benzene rings is 1. The van der Waals surface area contributed by atoms with Crippen molar-refractivity contribution in [2.24, 2.45) is 0 Å². The van der Waals surface area contributed by atoms with E-state index in [1.54, 1.807) is 12.1 Å². The first-order valence-corrected chi connectivity index (χ1v) is 7.68. The second kappa shape index (κ2) is 6.54. The summed E-state index contributed by atoms with van der Waals surface area (Å²) in [7, 11) is 0. The van der Waals surface area contributed by atoms with Gasteiger partial charge in [0.25, 0.3) is 0 Å². The fourth-order valence-electron chi connectivity index (χ4n) is 3.16. The van der Waals surface area contributed by atoms with E-state index in [0.717, 1.165) is 25.2 Å². The summed E-state index contributed by atoms with van der Waals surface area (Å²) in [5.41, 5.74) is 0.922. The fourth-order valence-corrected chi connectivity index (χ4v) is 3.16. The molecule has 6 heteroatoms. The molecule has 0 bridgehead atoms. The van der Waals surface area contributed by atoms with Crippen LogP contribution in [0.15, 0.2) is 24.3 Å². The second-order valence-electron chi connectivity index (χ2n) is 5.75. The normalized spacial score (nSPS) is 23.3. The van der Waals surface area contributed by atoms with Gasteiger partial charge in [-0.3, -0.25) is 19.4 Å². The van der Waals surface area contributed by atoms with E-state index in [4.69, 9.17) is 0 Å². The summed E-state index contributed by atoms with van der Waals surface area (Å²) >= 11 is 0. The van der Waals surface area contributed by atoms with Crippen molar-refractivity contribution in [3.63, 3.8) is 0 Å². The van der Waals surface area contributed by atoms with Crippen LogP contribution < -0.4 is 5.32 Å². The van der Waals surface area contributed by atoms with Gasteiger partial charge < -0.3 is 5.32 Å². The molecule has 118 valence electrons. The molecule has 2 aliphatic rings. The quantitative estimate of drug-likeness (QED) is 0.841. The number of hydrogen-bond acceptors (Lipinski definition) is 4. The number of nitrogens with zero attached hydrogens (tertiary/aromatic N) is 2. The van der Waals surface area contributed by atoms with E-state index < -0.39 is 0 Å². The predicted octanol–water partition coefficient (Wildman–Crippen LogP) is 0.921. The maximum Gasteiger partial charge on any atom is 0.229 e. The van der Waals surface area contributed by atoms with Gasteiger partial charge in [0.2, 0.25) is 11.8 Å². The van der Waals surface area contributed by atoms with Crippen LogP contribution in [-0.2, 0) is 9.59 Å². The first-order valence-electron chi connectivity index (χ1n) is 7.68. The number of carbonyl (C=O) groups is 2. The summed E-state index contributed by atoms with van der Waals surface area (Å²) in [6.07, 6.45) is 0.654. The Hall–Kier alpha value is -1.79. The Labute approximate surface area is 129 Å². The minimum absolute atomic E-state index is 0.0669. The summed E-state index contributed by atoms with van der Waals surface area (Å²) < 4.78 is 13.4. The molecule has 2 fully saturated rings. The largest absolute Gasteiger partial charge is 0.314 e. The Kier molecular flexibility index (Phi) is 4.49. The van der Waals surface area contributed by atoms with Crippen LogP contribution in [0.2, 0.25) is 0 Å². The van der Waals surface area contributed by atoms with E-state index in [1.807, 2.05) is 6.07 Å². The van der Waals surface area contributed by atoms with Crippen LogP contribution >= 0.6 is 0 Å². The fraction of sp³-hybridized carbons (Fsp3) is 0.500. The zero-order valence-corrected chi connectivity index (χ0v) is 12.4. The SMILES string of the molecule is O=C1CCC(=O)N1CCN1CCNCC1c1cccc(F)c1. The standard InChI is InChI=1S/C16H20FN3O2/c17-13-3-1-2-12(10-13)14-11-18-6-7-19(14)8-9-20-15(21)4-5-16(20)22/h1-3,10,14,18H,4-9,11H2. The highest BCUT2D eigenvalue weighted by Gasteiger charge is 2.30. The van der Waals surface area contributed by atoms with E-state index in [1.165, 1.54) is 11.0 Å². The Morgan fingerprint density at radius 1 is 1.18 bits per heavy atom. The van der Waals surface area contributed by atoms with Crippen LogP contribution in [0.5, 0.6) is 0 Å². The molecule has 1 atom stereocenters. The van der Waals surface area contributed by atoms with Crippen LogP contribution in [0.1, 0.15) is 24.4 Å². The number of amides is 2. The van der Waals surface area contributed by atoms with Crippen molar-refractivity contribution in [1.29, 1.82) is 0 Å². The van der Waals surface area contributed by atoms with E-state index in [-0.39, 0.29) is 23.7 Å². The maximum atomic E-state index is 13.4. The molecule has 2 amide bonds. The van der Waals surface area contributed by atoms with Gasteiger partial charge in [0, 0.05) is 51.6 Å². The lowest BCUT2D eigenvalue weighted by atomic mass is 10.0. The van der Waals surface area contributed by atoms with Crippen LogP contribution in [0, 0.1) is 5.82 Å². The third-order valence-electron chi connectivity index (χ3n) is 4.35. The third-order valence-corrected chi connectivity index (χ3v) is 4.35. The lowest BCUT2D eigenvalue weighted by Gasteiger charge is -2.37. The van der Waals surface area contributed by atoms with E-state index in [2.05, 4.69) is 10.2 Å². The smallest absolute Gasteiger partial charge is 0.229 e. The zero-order valence-electron chi connectivity index (χ0n) is 12.4. The molecule has 1 aromatic rings. The molecule has 0 aliphatic carbocycles. The molecule has 2 aliphatic heterocycles. The third kappa shape index (κ3) is 3.18. The molecule has 5 nitrogen and oxygen atoms in total. The van der Waals surface area contributed by atoms with Gasteiger partial charge in [0.05, 0.1) is 0 Å². The zero-order chi connectivity index (χ0) is 15.5. The van der Waals surface area contributed by atoms with Crippen molar-refractivity contribution < 1.29 is 14.0 Å². The van der Waals surface area contributed by atoms with E-state index in [0.29, 0.717) is 25.9 Å². The maximum absolute atomic E-state index is 13.4. The van der Waals surface area contributed by atoms with Crippen molar-refractivity contribution in [3.05, 3.63) is 35.6 Å². The summed E-state index contributed by atoms with van der Waals surface area (Å²) in [5.74, 6) is -0.405. The molecule has 1 aromatic carbocycles. The molecule has 0 saturated carbocycles. The summed E-state index contributed by atoms with van der Waals surface area (Å²) in [6, 6.07) is 6.69. The number of carbonyl (C=O) groups excluding carboxylic acids is 2. The molecular formula is C16H20FN3O2. The molecule has 0 spiro atoms. The Bertz CT molecular complexity index is 562. The number of rotatable bonds is 4. The highest BCUT2D eigenvalue weighted by atomic mass is 19.1. The molecule has 0 radical (unpaired) electrons. The van der Waals surface area contributed by atoms with Gasteiger partial charge in [0.1, 0.15) is 5.82 Å². The number of hydrogen-bond donors (Lipinski definition) is 1. The molecule has 0 aromatic heterocycles. The van der Waals surface area contributed by atoms with Crippen molar-refractivity contribution >= 4 is 11.8 Å². The summed E-state index contributed by atoms with van der Waals surface area (Å²) in [5, 5.41) is 3.32. The Morgan fingerprint density at radius 3 is 2.68 bits per heavy atom. The summed E-state index contributed by atoms with van der Waals surface area (Å²) in [6.45, 7) is 3.46. The molecular weight excluding hydrogens is 285 g/mol. The molecule has 1 unspecified atom stereocenters. The van der Waals surface area contributed by atoms with Gasteiger partial charge in [-0.25, -0.2) is 4.39 Å². The van der Waals surface area contributed by atoms with Crippen LogP contribution in [0.3, 0.4) is 0 Å². The highest BCUT2D eigenvalue weighted by Crippen LogP contribution is 2.23. The highest BCUT2D eigenvalue weighted by molar-refractivity contribution is 6.01. The van der Waals surface area contributed by atoms with Gasteiger partial charge in [0.15, 0.2) is 0 Å². The monoisotopic (exact) mass is 305 g/mol. The average molecular weight is 305 g/mol. The van der Waals surface area contributed by atoms with Gasteiger partial charge in [-0.1, -0.05) is 12.1 Å². The van der Waals surface area contributed by atoms with Crippen molar-refractivity contribution in [2.75, 3.05) is 32.7 Å². The first kappa shape index (κ1) is 15.1. The van der Waals surface area contributed by atoms with Crippen molar-refractivity contribution in [3.8, 4) is 0 Å². The van der Waals surface area contributed by atoms with E-state index >= 15 is 0 Å². The number of likely N-dealkylation sites (tertiary alicyclic amines) is 1. The summed E-state index contributed by atoms with van der Waals surface area (Å²) in [4.78, 5) is 26.9. The van der Waals surface area contributed by atoms with Crippen LogP contribution in [-0.4, -0.2) is 54.3 Å². The predicted molar refractivity (Wildman–Crippen MR) is 79.5 cm³/mol. The minimum atomic E-state index is -0.243. The average Bonchev–Trinajstić information content (AvgIpc) is 2.84. The lowest BCUT2D eigenvalue weighted by molar-refractivity contribution is -0.138. The lowest BCUT2D eigenvalue weighted by Crippen LogP contribution is -2.48. The van der Waals surface area contributed by atoms with Crippen molar-refractivity contribution in [1.82, 2.24) is 15.1 Å². The number of imide groups is 1. The number of piperazine rings is 1. The molecule has 22 heavy (non-hydrogen) atoms. The van der Waals surface area contributed by atoms with E-state index in [9.17, 15) is 14.0 Å². The number of halogens is 1. The van der Waals surface area contributed by atoms with Gasteiger partial charge in [-0.05, 0) is 17.7 Å². The van der Waals surface area contributed by atoms with Crippen LogP contribution in [0.25, 0.3) is 0 Å². The Balaban J connectivity index is 1.68. The van der Waals surface area contributed by atoms with Gasteiger partial charge in [-0.2, -0.15) is 0 Å². The Morgan fingerprint density at radius 2 is 1.95 bits per heavy atom. The minimum Gasteiger partial charge on any atom is -0.314 e. The first-order chi connectivity index (χ1) is 10.6. The molecule has 2 saturated heterocycles.